The van der Waals surface area contributed by atoms with Crippen molar-refractivity contribution in [2.45, 2.75) is 25.3 Å². The molecule has 0 heterocycles. The third-order valence-electron chi connectivity index (χ3n) is 3.96. The first kappa shape index (κ1) is 24.4. The topological polar surface area (TPSA) is 181 Å². The van der Waals surface area contributed by atoms with Crippen LogP contribution in [0.4, 0.5) is 0 Å². The minimum absolute atomic E-state index is 0.122. The molecule has 0 bridgehead atoms. The van der Waals surface area contributed by atoms with Crippen molar-refractivity contribution in [2.24, 2.45) is 16.5 Å². The lowest BCUT2D eigenvalue weighted by Gasteiger charge is -2.19. The van der Waals surface area contributed by atoms with Crippen molar-refractivity contribution in [1.29, 1.82) is 0 Å². The zero-order valence-electron chi connectivity index (χ0n) is 16.9. The summed E-state index contributed by atoms with van der Waals surface area (Å²) in [6.07, 6.45) is 0.963. The van der Waals surface area contributed by atoms with E-state index >= 15 is 0 Å². The molecule has 0 fully saturated rings. The number of nitrogens with two attached hydrogens (primary N) is 2. The highest BCUT2D eigenvalue weighted by Gasteiger charge is 2.21. The first-order valence-corrected chi connectivity index (χ1v) is 9.44. The van der Waals surface area contributed by atoms with Gasteiger partial charge in [-0.3, -0.25) is 24.2 Å². The van der Waals surface area contributed by atoms with Gasteiger partial charge in [0, 0.05) is 13.6 Å². The van der Waals surface area contributed by atoms with Gasteiger partial charge in [0.2, 0.25) is 23.6 Å². The Bertz CT molecular complexity index is 753. The van der Waals surface area contributed by atoms with E-state index in [1.807, 2.05) is 30.3 Å². The summed E-state index contributed by atoms with van der Waals surface area (Å²) in [7, 11) is 1.55. The monoisotopic (exact) mass is 419 g/mol. The molecule has 0 spiro atoms. The predicted molar refractivity (Wildman–Crippen MR) is 112 cm³/mol. The molecule has 11 heteroatoms. The minimum Gasteiger partial charge on any atom is -0.370 e. The number of aliphatic imine (C=N–C) groups is 1. The number of carbonyl (C=O) groups excluding carboxylic acids is 4. The highest BCUT2D eigenvalue weighted by molar-refractivity contribution is 5.91. The number of amides is 4. The van der Waals surface area contributed by atoms with Crippen LogP contribution < -0.4 is 32.7 Å². The van der Waals surface area contributed by atoms with Crippen LogP contribution in [-0.4, -0.2) is 62.3 Å². The molecule has 1 unspecified atom stereocenters. The molecular weight excluding hydrogens is 390 g/mol. The van der Waals surface area contributed by atoms with Gasteiger partial charge in [0.05, 0.1) is 19.5 Å². The van der Waals surface area contributed by atoms with Gasteiger partial charge >= 0.3 is 0 Å². The van der Waals surface area contributed by atoms with Crippen LogP contribution >= 0.6 is 0 Å². The molecule has 0 aliphatic carbocycles. The maximum absolute atomic E-state index is 12.5. The van der Waals surface area contributed by atoms with Crippen LogP contribution in [0.3, 0.4) is 0 Å². The van der Waals surface area contributed by atoms with Crippen LogP contribution in [0.5, 0.6) is 0 Å². The van der Waals surface area contributed by atoms with Crippen molar-refractivity contribution in [3.63, 3.8) is 0 Å². The molecule has 164 valence electrons. The van der Waals surface area contributed by atoms with E-state index in [-0.39, 0.29) is 31.4 Å². The second-order valence-corrected chi connectivity index (χ2v) is 6.42. The molecule has 1 atom stereocenters. The Morgan fingerprint density at radius 1 is 0.967 bits per heavy atom. The van der Waals surface area contributed by atoms with Gasteiger partial charge in [-0.2, -0.15) is 0 Å². The summed E-state index contributed by atoms with van der Waals surface area (Å²) in [6, 6.07) is 8.28. The minimum atomic E-state index is -0.841. The Hall–Kier alpha value is -3.63. The summed E-state index contributed by atoms with van der Waals surface area (Å²) >= 11 is 0. The van der Waals surface area contributed by atoms with Crippen LogP contribution in [0, 0.1) is 0 Å². The molecule has 30 heavy (non-hydrogen) atoms. The lowest BCUT2D eigenvalue weighted by atomic mass is 10.1. The molecule has 0 saturated carbocycles. The van der Waals surface area contributed by atoms with Crippen molar-refractivity contribution in [1.82, 2.24) is 21.3 Å². The SMILES string of the molecule is CN=C(N)NCCCC(NC(=O)Cc1ccccc1)C(=O)NCC(=O)NCC(N)=O. The molecule has 0 aromatic heterocycles. The lowest BCUT2D eigenvalue weighted by Crippen LogP contribution is -2.50. The van der Waals surface area contributed by atoms with Crippen LogP contribution in [0.15, 0.2) is 35.3 Å². The number of hydrogen-bond donors (Lipinski definition) is 6. The summed E-state index contributed by atoms with van der Waals surface area (Å²) in [4.78, 5) is 51.0. The summed E-state index contributed by atoms with van der Waals surface area (Å²) < 4.78 is 0. The zero-order valence-corrected chi connectivity index (χ0v) is 16.9. The van der Waals surface area contributed by atoms with Crippen molar-refractivity contribution in [3.05, 3.63) is 35.9 Å². The molecular formula is C19H29N7O4. The van der Waals surface area contributed by atoms with Crippen molar-refractivity contribution < 1.29 is 19.2 Å². The number of benzene rings is 1. The van der Waals surface area contributed by atoms with E-state index in [0.717, 1.165) is 5.56 Å². The first-order valence-electron chi connectivity index (χ1n) is 9.44. The Morgan fingerprint density at radius 3 is 2.30 bits per heavy atom. The van der Waals surface area contributed by atoms with Gasteiger partial charge in [0.25, 0.3) is 0 Å². The average molecular weight is 419 g/mol. The van der Waals surface area contributed by atoms with E-state index < -0.39 is 23.8 Å². The summed E-state index contributed by atoms with van der Waals surface area (Å²) in [5, 5.41) is 10.3. The Kier molecular flexibility index (Phi) is 11.0. The van der Waals surface area contributed by atoms with E-state index in [1.165, 1.54) is 0 Å². The number of nitrogens with one attached hydrogen (secondary N) is 4. The van der Waals surface area contributed by atoms with Crippen molar-refractivity contribution in [2.75, 3.05) is 26.7 Å². The molecule has 11 nitrogen and oxygen atoms in total. The fraction of sp³-hybridized carbons (Fsp3) is 0.421. The number of hydrogen-bond acceptors (Lipinski definition) is 5. The molecule has 1 aromatic rings. The summed E-state index contributed by atoms with van der Waals surface area (Å²) in [5.41, 5.74) is 11.3. The maximum Gasteiger partial charge on any atom is 0.243 e. The smallest absolute Gasteiger partial charge is 0.243 e. The maximum atomic E-state index is 12.5. The van der Waals surface area contributed by atoms with E-state index in [9.17, 15) is 19.2 Å². The number of nitrogens with zero attached hydrogens (tertiary/aromatic N) is 1. The first-order chi connectivity index (χ1) is 14.3. The number of rotatable bonds is 12. The lowest BCUT2D eigenvalue weighted by molar-refractivity contribution is -0.130. The highest BCUT2D eigenvalue weighted by Crippen LogP contribution is 2.02. The molecule has 8 N–H and O–H groups in total. The highest BCUT2D eigenvalue weighted by atomic mass is 16.2. The Labute approximate surface area is 175 Å². The molecule has 0 aliphatic heterocycles. The van der Waals surface area contributed by atoms with Gasteiger partial charge in [0.15, 0.2) is 5.96 Å². The Morgan fingerprint density at radius 2 is 1.67 bits per heavy atom. The van der Waals surface area contributed by atoms with E-state index in [1.54, 1.807) is 7.05 Å². The quantitative estimate of drug-likeness (QED) is 0.126. The predicted octanol–water partition coefficient (Wildman–Crippen LogP) is -2.25. The van der Waals surface area contributed by atoms with E-state index in [0.29, 0.717) is 19.4 Å². The third kappa shape index (κ3) is 10.6. The van der Waals surface area contributed by atoms with Crippen molar-refractivity contribution in [3.8, 4) is 0 Å². The molecule has 1 rings (SSSR count). The fourth-order valence-corrected chi connectivity index (χ4v) is 2.44. The van der Waals surface area contributed by atoms with Crippen LogP contribution in [0.2, 0.25) is 0 Å². The Balaban J connectivity index is 2.61. The van der Waals surface area contributed by atoms with E-state index in [4.69, 9.17) is 11.5 Å². The third-order valence-corrected chi connectivity index (χ3v) is 3.96. The van der Waals surface area contributed by atoms with Gasteiger partial charge in [-0.1, -0.05) is 30.3 Å². The van der Waals surface area contributed by atoms with E-state index in [2.05, 4.69) is 26.3 Å². The second kappa shape index (κ2) is 13.5. The van der Waals surface area contributed by atoms with Crippen LogP contribution in [0.25, 0.3) is 0 Å². The average Bonchev–Trinajstić information content (AvgIpc) is 2.72. The van der Waals surface area contributed by atoms with Gasteiger partial charge in [-0.15, -0.1) is 0 Å². The van der Waals surface area contributed by atoms with Gasteiger partial charge in [-0.05, 0) is 18.4 Å². The van der Waals surface area contributed by atoms with Gasteiger partial charge < -0.3 is 32.7 Å². The molecule has 0 aliphatic rings. The van der Waals surface area contributed by atoms with Gasteiger partial charge in [-0.25, -0.2) is 0 Å². The van der Waals surface area contributed by atoms with Gasteiger partial charge in [0.1, 0.15) is 6.04 Å². The normalized spacial score (nSPS) is 11.8. The largest absolute Gasteiger partial charge is 0.370 e. The summed E-state index contributed by atoms with van der Waals surface area (Å²) in [6.45, 7) is -0.205. The zero-order chi connectivity index (χ0) is 22.4. The molecule has 4 amide bonds. The van der Waals surface area contributed by atoms with Crippen molar-refractivity contribution >= 4 is 29.6 Å². The van der Waals surface area contributed by atoms with Crippen LogP contribution in [-0.2, 0) is 25.6 Å². The fourth-order valence-electron chi connectivity index (χ4n) is 2.44. The number of primary amides is 1. The van der Waals surface area contributed by atoms with Crippen LogP contribution in [0.1, 0.15) is 18.4 Å². The summed E-state index contributed by atoms with van der Waals surface area (Å²) in [5.74, 6) is -1.81. The molecule has 0 radical (unpaired) electrons. The second-order valence-electron chi connectivity index (χ2n) is 6.42. The molecule has 1 aromatic carbocycles. The number of guanidine groups is 1. The standard InChI is InChI=1S/C19H29N7O4/c1-22-19(21)23-9-5-8-14(18(30)25-12-17(29)24-11-15(20)27)26-16(28)10-13-6-3-2-4-7-13/h2-4,6-7,14H,5,8-12H2,1H3,(H2,20,27)(H,24,29)(H,25,30)(H,26,28)(H3,21,22,23). The molecule has 0 saturated heterocycles. The number of carbonyl (C=O) groups is 4.